The fraction of sp³-hybridized carbons (Fsp3) is 0.417. The number of aliphatic imine (C=N–C) groups is 1. The SMILES string of the molecule is Cc1cc(F)ccc1C1=NC(C)CC1. The fourth-order valence-corrected chi connectivity index (χ4v) is 1.90. The molecular formula is C12H14FN. The van der Waals surface area contributed by atoms with Crippen molar-refractivity contribution in [3.8, 4) is 0 Å². The first kappa shape index (κ1) is 9.38. The summed E-state index contributed by atoms with van der Waals surface area (Å²) < 4.78 is 12.9. The minimum Gasteiger partial charge on any atom is -0.286 e. The Morgan fingerprint density at radius 3 is 2.79 bits per heavy atom. The van der Waals surface area contributed by atoms with Gasteiger partial charge < -0.3 is 0 Å². The van der Waals surface area contributed by atoms with Crippen LogP contribution in [0, 0.1) is 12.7 Å². The molecule has 1 aliphatic heterocycles. The van der Waals surface area contributed by atoms with Gasteiger partial charge in [-0.25, -0.2) is 4.39 Å². The summed E-state index contributed by atoms with van der Waals surface area (Å²) in [5, 5.41) is 0. The predicted octanol–water partition coefficient (Wildman–Crippen LogP) is 3.11. The van der Waals surface area contributed by atoms with E-state index in [0.717, 1.165) is 29.7 Å². The zero-order valence-corrected chi connectivity index (χ0v) is 8.55. The van der Waals surface area contributed by atoms with Crippen molar-refractivity contribution in [2.75, 3.05) is 0 Å². The van der Waals surface area contributed by atoms with Crippen LogP contribution in [0.15, 0.2) is 23.2 Å². The molecule has 0 radical (unpaired) electrons. The molecule has 1 aliphatic rings. The maximum Gasteiger partial charge on any atom is 0.123 e. The number of benzene rings is 1. The van der Waals surface area contributed by atoms with E-state index in [4.69, 9.17) is 0 Å². The molecule has 1 aromatic carbocycles. The van der Waals surface area contributed by atoms with E-state index in [0.29, 0.717) is 6.04 Å². The molecule has 1 atom stereocenters. The second-order valence-corrected chi connectivity index (χ2v) is 3.92. The molecule has 0 saturated heterocycles. The largest absolute Gasteiger partial charge is 0.286 e. The highest BCUT2D eigenvalue weighted by Crippen LogP contribution is 2.21. The molecule has 14 heavy (non-hydrogen) atoms. The highest BCUT2D eigenvalue weighted by Gasteiger charge is 2.16. The van der Waals surface area contributed by atoms with E-state index in [-0.39, 0.29) is 5.82 Å². The van der Waals surface area contributed by atoms with Crippen LogP contribution in [-0.2, 0) is 0 Å². The molecule has 0 spiro atoms. The zero-order chi connectivity index (χ0) is 10.1. The Bertz CT molecular complexity index is 382. The van der Waals surface area contributed by atoms with Crippen LogP contribution >= 0.6 is 0 Å². The second kappa shape index (κ2) is 3.52. The van der Waals surface area contributed by atoms with Gasteiger partial charge in [-0.3, -0.25) is 4.99 Å². The van der Waals surface area contributed by atoms with Crippen molar-refractivity contribution in [3.05, 3.63) is 35.1 Å². The zero-order valence-electron chi connectivity index (χ0n) is 8.55. The third-order valence-electron chi connectivity index (χ3n) is 2.67. The average Bonchev–Trinajstić information content (AvgIpc) is 2.51. The maximum atomic E-state index is 12.9. The van der Waals surface area contributed by atoms with E-state index in [1.54, 1.807) is 6.07 Å². The molecule has 1 nitrogen and oxygen atoms in total. The smallest absolute Gasteiger partial charge is 0.123 e. The van der Waals surface area contributed by atoms with E-state index in [9.17, 15) is 4.39 Å². The Hall–Kier alpha value is -1.18. The standard InChI is InChI=1S/C12H14FN/c1-8-7-10(13)4-5-11(8)12-6-3-9(2)14-12/h4-5,7,9H,3,6H2,1-2H3. The number of halogens is 1. The lowest BCUT2D eigenvalue weighted by Crippen LogP contribution is -1.99. The Morgan fingerprint density at radius 2 is 2.21 bits per heavy atom. The molecule has 0 aromatic heterocycles. The summed E-state index contributed by atoms with van der Waals surface area (Å²) in [5.74, 6) is -0.169. The van der Waals surface area contributed by atoms with Crippen molar-refractivity contribution in [3.63, 3.8) is 0 Å². The molecule has 1 unspecified atom stereocenters. The lowest BCUT2D eigenvalue weighted by Gasteiger charge is -2.04. The van der Waals surface area contributed by atoms with Gasteiger partial charge >= 0.3 is 0 Å². The Labute approximate surface area is 83.7 Å². The first-order valence-electron chi connectivity index (χ1n) is 5.00. The van der Waals surface area contributed by atoms with Crippen LogP contribution in [-0.4, -0.2) is 11.8 Å². The molecule has 0 aliphatic carbocycles. The highest BCUT2D eigenvalue weighted by molar-refractivity contribution is 6.02. The van der Waals surface area contributed by atoms with Crippen LogP contribution in [0.4, 0.5) is 4.39 Å². The highest BCUT2D eigenvalue weighted by atomic mass is 19.1. The first-order chi connectivity index (χ1) is 6.66. The van der Waals surface area contributed by atoms with Crippen molar-refractivity contribution in [2.45, 2.75) is 32.7 Å². The molecular weight excluding hydrogens is 177 g/mol. The third-order valence-corrected chi connectivity index (χ3v) is 2.67. The van der Waals surface area contributed by atoms with Crippen molar-refractivity contribution < 1.29 is 4.39 Å². The van der Waals surface area contributed by atoms with Crippen molar-refractivity contribution >= 4 is 5.71 Å². The van der Waals surface area contributed by atoms with Crippen molar-refractivity contribution in [2.24, 2.45) is 4.99 Å². The van der Waals surface area contributed by atoms with Gasteiger partial charge in [-0.15, -0.1) is 0 Å². The molecule has 0 N–H and O–H groups in total. The van der Waals surface area contributed by atoms with Gasteiger partial charge in [0.25, 0.3) is 0 Å². The molecule has 0 fully saturated rings. The van der Waals surface area contributed by atoms with Gasteiger partial charge in [-0.2, -0.15) is 0 Å². The summed E-state index contributed by atoms with van der Waals surface area (Å²) in [5.41, 5.74) is 3.23. The third kappa shape index (κ3) is 1.69. The minimum absolute atomic E-state index is 0.169. The van der Waals surface area contributed by atoms with E-state index in [1.165, 1.54) is 6.07 Å². The number of hydrogen-bond acceptors (Lipinski definition) is 1. The van der Waals surface area contributed by atoms with Crippen molar-refractivity contribution in [1.29, 1.82) is 0 Å². The van der Waals surface area contributed by atoms with Crippen LogP contribution in [0.5, 0.6) is 0 Å². The number of rotatable bonds is 1. The topological polar surface area (TPSA) is 12.4 Å². The summed E-state index contributed by atoms with van der Waals surface area (Å²) in [6.45, 7) is 4.05. The van der Waals surface area contributed by atoms with Gasteiger partial charge in [0.1, 0.15) is 5.82 Å². The average molecular weight is 191 g/mol. The molecule has 0 bridgehead atoms. The number of nitrogens with zero attached hydrogens (tertiary/aromatic N) is 1. The van der Waals surface area contributed by atoms with Crippen LogP contribution < -0.4 is 0 Å². The minimum atomic E-state index is -0.169. The number of aryl methyl sites for hydroxylation is 1. The molecule has 0 amide bonds. The van der Waals surface area contributed by atoms with Gasteiger partial charge in [0.2, 0.25) is 0 Å². The van der Waals surface area contributed by atoms with Gasteiger partial charge in [0.05, 0.1) is 0 Å². The molecule has 2 heteroatoms. The van der Waals surface area contributed by atoms with Crippen LogP contribution in [0.1, 0.15) is 30.9 Å². The van der Waals surface area contributed by atoms with Crippen LogP contribution in [0.25, 0.3) is 0 Å². The molecule has 74 valence electrons. The summed E-state index contributed by atoms with van der Waals surface area (Å²) in [7, 11) is 0. The normalized spacial score (nSPS) is 21.1. The molecule has 1 heterocycles. The summed E-state index contributed by atoms with van der Waals surface area (Å²) >= 11 is 0. The second-order valence-electron chi connectivity index (χ2n) is 3.92. The van der Waals surface area contributed by atoms with E-state index in [2.05, 4.69) is 11.9 Å². The Balaban J connectivity index is 2.37. The van der Waals surface area contributed by atoms with Gasteiger partial charge in [-0.05, 0) is 56.0 Å². The fourth-order valence-electron chi connectivity index (χ4n) is 1.90. The van der Waals surface area contributed by atoms with E-state index < -0.39 is 0 Å². The van der Waals surface area contributed by atoms with E-state index >= 15 is 0 Å². The van der Waals surface area contributed by atoms with Crippen molar-refractivity contribution in [1.82, 2.24) is 0 Å². The van der Waals surface area contributed by atoms with Gasteiger partial charge in [0.15, 0.2) is 0 Å². The Morgan fingerprint density at radius 1 is 1.43 bits per heavy atom. The quantitative estimate of drug-likeness (QED) is 0.646. The summed E-state index contributed by atoms with van der Waals surface area (Å²) in [6.07, 6.45) is 2.14. The summed E-state index contributed by atoms with van der Waals surface area (Å²) in [6, 6.07) is 5.34. The lowest BCUT2D eigenvalue weighted by molar-refractivity contribution is 0.626. The van der Waals surface area contributed by atoms with Gasteiger partial charge in [-0.1, -0.05) is 0 Å². The monoisotopic (exact) mass is 191 g/mol. The molecule has 0 saturated carbocycles. The predicted molar refractivity (Wildman–Crippen MR) is 56.4 cm³/mol. The first-order valence-corrected chi connectivity index (χ1v) is 5.00. The van der Waals surface area contributed by atoms with Crippen LogP contribution in [0.2, 0.25) is 0 Å². The Kier molecular flexibility index (Phi) is 2.36. The van der Waals surface area contributed by atoms with Crippen LogP contribution in [0.3, 0.4) is 0 Å². The number of hydrogen-bond donors (Lipinski definition) is 0. The lowest BCUT2D eigenvalue weighted by atomic mass is 10.0. The molecule has 2 rings (SSSR count). The van der Waals surface area contributed by atoms with E-state index in [1.807, 2.05) is 13.0 Å². The molecule has 1 aromatic rings. The maximum absolute atomic E-state index is 12.9. The van der Waals surface area contributed by atoms with Gasteiger partial charge in [0, 0.05) is 11.8 Å². The summed E-state index contributed by atoms with van der Waals surface area (Å²) in [4.78, 5) is 4.54.